The highest BCUT2D eigenvalue weighted by atomic mass is 16.5. The summed E-state index contributed by atoms with van der Waals surface area (Å²) in [5.74, 6) is -0.343. The first-order chi connectivity index (χ1) is 6.81. The Bertz CT molecular complexity index is 183. The molecule has 80 valence electrons. The minimum atomic E-state index is -0.343. The molecular formula is C12H20O2. The Balaban J connectivity index is 3.18. The predicted octanol–water partition coefficient (Wildman–Crippen LogP) is 3.24. The molecule has 0 aromatic heterocycles. The van der Waals surface area contributed by atoms with Crippen molar-refractivity contribution in [1.82, 2.24) is 0 Å². The molecule has 0 aromatic carbocycles. The van der Waals surface area contributed by atoms with E-state index in [9.17, 15) is 4.79 Å². The van der Waals surface area contributed by atoms with E-state index in [1.54, 1.807) is 0 Å². The molecule has 0 aliphatic heterocycles. The van der Waals surface area contributed by atoms with E-state index in [2.05, 4.69) is 25.7 Å². The monoisotopic (exact) mass is 196 g/mol. The molecule has 14 heavy (non-hydrogen) atoms. The van der Waals surface area contributed by atoms with Crippen LogP contribution in [0, 0.1) is 0 Å². The first-order valence-corrected chi connectivity index (χ1v) is 5.25. The largest absolute Gasteiger partial charge is 0.462 e. The van der Waals surface area contributed by atoms with Gasteiger partial charge in [-0.3, -0.25) is 0 Å². The van der Waals surface area contributed by atoms with E-state index in [0.29, 0.717) is 6.61 Å². The van der Waals surface area contributed by atoms with Crippen LogP contribution >= 0.6 is 0 Å². The molecule has 0 amide bonds. The van der Waals surface area contributed by atoms with Gasteiger partial charge in [-0.2, -0.15) is 0 Å². The van der Waals surface area contributed by atoms with Crippen molar-refractivity contribution in [2.45, 2.75) is 39.0 Å². The minimum Gasteiger partial charge on any atom is -0.462 e. The molecule has 0 rings (SSSR count). The molecule has 0 atom stereocenters. The maximum atomic E-state index is 10.6. The van der Waals surface area contributed by atoms with Crippen molar-refractivity contribution in [2.75, 3.05) is 6.61 Å². The number of rotatable bonds is 8. The van der Waals surface area contributed by atoms with Gasteiger partial charge in [0, 0.05) is 6.08 Å². The van der Waals surface area contributed by atoms with Gasteiger partial charge < -0.3 is 4.74 Å². The quantitative estimate of drug-likeness (QED) is 0.258. The second-order valence-electron chi connectivity index (χ2n) is 3.13. The second kappa shape index (κ2) is 10.0. The molecule has 2 nitrogen and oxygen atoms in total. The van der Waals surface area contributed by atoms with Crippen LogP contribution in [0.2, 0.25) is 0 Å². The summed E-state index contributed by atoms with van der Waals surface area (Å²) < 4.78 is 4.81. The van der Waals surface area contributed by atoms with E-state index in [1.807, 2.05) is 0 Å². The van der Waals surface area contributed by atoms with Gasteiger partial charge >= 0.3 is 5.97 Å². The average molecular weight is 196 g/mol. The number of unbranched alkanes of at least 4 members (excludes halogenated alkanes) is 3. The SMILES string of the molecule is C=CC(=O)OCC/C=C\CCCCC. The topological polar surface area (TPSA) is 26.3 Å². The van der Waals surface area contributed by atoms with Crippen molar-refractivity contribution >= 4 is 5.97 Å². The van der Waals surface area contributed by atoms with Crippen molar-refractivity contribution in [3.05, 3.63) is 24.8 Å². The Morgan fingerprint density at radius 3 is 2.64 bits per heavy atom. The minimum absolute atomic E-state index is 0.343. The van der Waals surface area contributed by atoms with Gasteiger partial charge in [0.05, 0.1) is 6.61 Å². The summed E-state index contributed by atoms with van der Waals surface area (Å²) in [5, 5.41) is 0. The molecule has 0 radical (unpaired) electrons. The Kier molecular flexibility index (Phi) is 9.28. The van der Waals surface area contributed by atoms with Crippen LogP contribution in [-0.2, 0) is 9.53 Å². The van der Waals surface area contributed by atoms with Gasteiger partial charge in [0.1, 0.15) is 0 Å². The van der Waals surface area contributed by atoms with Gasteiger partial charge in [0.25, 0.3) is 0 Å². The lowest BCUT2D eigenvalue weighted by molar-refractivity contribution is -0.137. The van der Waals surface area contributed by atoms with Gasteiger partial charge in [0.15, 0.2) is 0 Å². The number of ether oxygens (including phenoxy) is 1. The highest BCUT2D eigenvalue weighted by Crippen LogP contribution is 2.00. The molecule has 0 heterocycles. The molecule has 0 saturated carbocycles. The normalized spacial score (nSPS) is 10.4. The molecule has 0 bridgehead atoms. The first-order valence-electron chi connectivity index (χ1n) is 5.25. The molecule has 0 N–H and O–H groups in total. The fraction of sp³-hybridized carbons (Fsp3) is 0.583. The standard InChI is InChI=1S/C12H20O2/c1-3-5-6-7-8-9-10-11-14-12(13)4-2/h4,8-9H,2-3,5-7,10-11H2,1H3/b9-8-. The van der Waals surface area contributed by atoms with Crippen LogP contribution in [0.15, 0.2) is 24.8 Å². The summed E-state index contributed by atoms with van der Waals surface area (Å²) in [4.78, 5) is 10.6. The van der Waals surface area contributed by atoms with Gasteiger partial charge in [-0.1, -0.05) is 38.5 Å². The Morgan fingerprint density at radius 1 is 1.29 bits per heavy atom. The third-order valence-electron chi connectivity index (χ3n) is 1.84. The van der Waals surface area contributed by atoms with Gasteiger partial charge in [-0.15, -0.1) is 0 Å². The maximum Gasteiger partial charge on any atom is 0.330 e. The van der Waals surface area contributed by atoms with E-state index in [0.717, 1.165) is 12.8 Å². The third-order valence-corrected chi connectivity index (χ3v) is 1.84. The van der Waals surface area contributed by atoms with E-state index in [4.69, 9.17) is 4.74 Å². The number of carbonyl (C=O) groups is 1. The van der Waals surface area contributed by atoms with Crippen LogP contribution in [-0.4, -0.2) is 12.6 Å². The van der Waals surface area contributed by atoms with E-state index >= 15 is 0 Å². The molecule has 2 heteroatoms. The first kappa shape index (κ1) is 12.9. The number of hydrogen-bond acceptors (Lipinski definition) is 2. The fourth-order valence-corrected chi connectivity index (χ4v) is 1.03. The Labute approximate surface area is 86.6 Å². The number of carbonyl (C=O) groups excluding carboxylic acids is 1. The summed E-state index contributed by atoms with van der Waals surface area (Å²) in [5.41, 5.74) is 0. The van der Waals surface area contributed by atoms with Gasteiger partial charge in [0.2, 0.25) is 0 Å². The third kappa shape index (κ3) is 9.04. The Hall–Kier alpha value is -1.05. The lowest BCUT2D eigenvalue weighted by Crippen LogP contribution is -2.00. The van der Waals surface area contributed by atoms with Crippen molar-refractivity contribution in [1.29, 1.82) is 0 Å². The summed E-state index contributed by atoms with van der Waals surface area (Å²) in [6, 6.07) is 0. The van der Waals surface area contributed by atoms with E-state index in [-0.39, 0.29) is 5.97 Å². The smallest absolute Gasteiger partial charge is 0.330 e. The summed E-state index contributed by atoms with van der Waals surface area (Å²) in [6.45, 7) is 5.96. The predicted molar refractivity (Wildman–Crippen MR) is 59.1 cm³/mol. The molecule has 0 spiro atoms. The van der Waals surface area contributed by atoms with Crippen molar-refractivity contribution in [2.24, 2.45) is 0 Å². The second-order valence-corrected chi connectivity index (χ2v) is 3.13. The van der Waals surface area contributed by atoms with Crippen LogP contribution in [0.4, 0.5) is 0 Å². The van der Waals surface area contributed by atoms with Crippen molar-refractivity contribution < 1.29 is 9.53 Å². The van der Waals surface area contributed by atoms with Crippen molar-refractivity contribution in [3.8, 4) is 0 Å². The van der Waals surface area contributed by atoms with Gasteiger partial charge in [-0.05, 0) is 19.3 Å². The number of hydrogen-bond donors (Lipinski definition) is 0. The lowest BCUT2D eigenvalue weighted by Gasteiger charge is -1.97. The summed E-state index contributed by atoms with van der Waals surface area (Å²) in [7, 11) is 0. The Morgan fingerprint density at radius 2 is 2.00 bits per heavy atom. The van der Waals surface area contributed by atoms with Crippen LogP contribution in [0.3, 0.4) is 0 Å². The van der Waals surface area contributed by atoms with E-state index < -0.39 is 0 Å². The zero-order valence-electron chi connectivity index (χ0n) is 9.00. The molecule has 0 saturated heterocycles. The highest BCUT2D eigenvalue weighted by molar-refractivity contribution is 5.81. The maximum absolute atomic E-state index is 10.6. The average Bonchev–Trinajstić information content (AvgIpc) is 2.21. The lowest BCUT2D eigenvalue weighted by atomic mass is 10.2. The van der Waals surface area contributed by atoms with Crippen LogP contribution in [0.5, 0.6) is 0 Å². The van der Waals surface area contributed by atoms with Crippen LogP contribution in [0.1, 0.15) is 39.0 Å². The summed E-state index contributed by atoms with van der Waals surface area (Å²) >= 11 is 0. The molecule has 0 aliphatic carbocycles. The fourth-order valence-electron chi connectivity index (χ4n) is 1.03. The zero-order chi connectivity index (χ0) is 10.6. The van der Waals surface area contributed by atoms with Crippen LogP contribution < -0.4 is 0 Å². The van der Waals surface area contributed by atoms with Crippen molar-refractivity contribution in [3.63, 3.8) is 0 Å². The zero-order valence-corrected chi connectivity index (χ0v) is 9.00. The molecular weight excluding hydrogens is 176 g/mol. The number of allylic oxidation sites excluding steroid dienone is 1. The van der Waals surface area contributed by atoms with E-state index in [1.165, 1.54) is 25.3 Å². The van der Waals surface area contributed by atoms with Gasteiger partial charge in [-0.25, -0.2) is 4.79 Å². The van der Waals surface area contributed by atoms with Crippen LogP contribution in [0.25, 0.3) is 0 Å². The molecule has 0 fully saturated rings. The molecule has 0 aliphatic rings. The highest BCUT2D eigenvalue weighted by Gasteiger charge is 1.91. The molecule has 0 aromatic rings. The number of esters is 1. The summed E-state index contributed by atoms with van der Waals surface area (Å²) in [6.07, 6.45) is 11.1. The molecule has 0 unspecified atom stereocenters.